The number of benzene rings is 1. The van der Waals surface area contributed by atoms with Gasteiger partial charge >= 0.3 is 0 Å². The Kier molecular flexibility index (Phi) is 4.78. The average Bonchev–Trinajstić information content (AvgIpc) is 2.84. The maximum atomic E-state index is 6.83. The molecule has 1 heterocycles. The lowest BCUT2D eigenvalue weighted by Crippen LogP contribution is -2.11. The number of rotatable bonds is 2. The van der Waals surface area contributed by atoms with E-state index in [4.69, 9.17) is 27.9 Å². The van der Waals surface area contributed by atoms with Crippen molar-refractivity contribution in [3.8, 4) is 5.75 Å². The number of fused-ring (bicyclic) bond motifs is 1. The molecular weight excluding hydrogens is 291 g/mol. The Morgan fingerprint density at radius 3 is 2.50 bits per heavy atom. The van der Waals surface area contributed by atoms with Crippen LogP contribution in [0.25, 0.3) is 0 Å². The second kappa shape index (κ2) is 6.58. The molecule has 2 aliphatic rings. The van der Waals surface area contributed by atoms with Crippen LogP contribution in [-0.4, -0.2) is 6.61 Å². The highest BCUT2D eigenvalue weighted by Crippen LogP contribution is 2.44. The number of alkyl halides is 1. The Morgan fingerprint density at radius 2 is 1.75 bits per heavy atom. The summed E-state index contributed by atoms with van der Waals surface area (Å²) in [6.07, 6.45) is 10.1. The molecule has 1 nitrogen and oxygen atoms in total. The van der Waals surface area contributed by atoms with Gasteiger partial charge in [0.05, 0.1) is 12.0 Å². The summed E-state index contributed by atoms with van der Waals surface area (Å²) in [6.45, 7) is 0.761. The third-order valence-electron chi connectivity index (χ3n) is 4.64. The monoisotopic (exact) mass is 312 g/mol. The third-order valence-corrected chi connectivity index (χ3v) is 5.45. The molecule has 1 saturated carbocycles. The lowest BCUT2D eigenvalue weighted by molar-refractivity contribution is 0.338. The summed E-state index contributed by atoms with van der Waals surface area (Å²) >= 11 is 13.1. The van der Waals surface area contributed by atoms with E-state index in [2.05, 4.69) is 0 Å². The van der Waals surface area contributed by atoms with Crippen LogP contribution in [0.5, 0.6) is 5.75 Å². The fourth-order valence-electron chi connectivity index (χ4n) is 3.54. The predicted molar refractivity (Wildman–Crippen MR) is 85.1 cm³/mol. The summed E-state index contributed by atoms with van der Waals surface area (Å²) in [6, 6.07) is 4.04. The van der Waals surface area contributed by atoms with E-state index >= 15 is 0 Å². The van der Waals surface area contributed by atoms with E-state index in [1.807, 2.05) is 12.1 Å². The minimum absolute atomic E-state index is 0.0404. The van der Waals surface area contributed by atoms with Crippen molar-refractivity contribution < 1.29 is 4.74 Å². The van der Waals surface area contributed by atoms with Gasteiger partial charge in [-0.05, 0) is 36.5 Å². The highest BCUT2D eigenvalue weighted by molar-refractivity contribution is 6.31. The van der Waals surface area contributed by atoms with Gasteiger partial charge in [-0.1, -0.05) is 43.7 Å². The van der Waals surface area contributed by atoms with Crippen LogP contribution < -0.4 is 4.74 Å². The van der Waals surface area contributed by atoms with Gasteiger partial charge in [-0.25, -0.2) is 0 Å². The summed E-state index contributed by atoms with van der Waals surface area (Å²) in [5.74, 6) is 1.57. The second-order valence-corrected chi connectivity index (χ2v) is 7.00. The number of hydrogen-bond acceptors (Lipinski definition) is 1. The van der Waals surface area contributed by atoms with Gasteiger partial charge in [0, 0.05) is 17.0 Å². The van der Waals surface area contributed by atoms with Gasteiger partial charge in [0.25, 0.3) is 0 Å². The topological polar surface area (TPSA) is 9.23 Å². The van der Waals surface area contributed by atoms with Crippen LogP contribution in [0.1, 0.15) is 61.4 Å². The van der Waals surface area contributed by atoms with E-state index in [0.717, 1.165) is 29.4 Å². The van der Waals surface area contributed by atoms with Crippen LogP contribution >= 0.6 is 23.2 Å². The van der Waals surface area contributed by atoms with Gasteiger partial charge < -0.3 is 4.74 Å². The summed E-state index contributed by atoms with van der Waals surface area (Å²) in [7, 11) is 0. The van der Waals surface area contributed by atoms with Crippen molar-refractivity contribution in [2.24, 2.45) is 5.92 Å². The van der Waals surface area contributed by atoms with Gasteiger partial charge in [0.1, 0.15) is 5.75 Å². The molecule has 3 rings (SSSR count). The molecule has 1 aliphatic heterocycles. The highest BCUT2D eigenvalue weighted by Gasteiger charge is 2.28. The molecule has 0 N–H and O–H groups in total. The Bertz CT molecular complexity index is 464. The normalized spacial score (nSPS) is 21.7. The molecule has 1 aromatic carbocycles. The van der Waals surface area contributed by atoms with Gasteiger partial charge in [-0.15, -0.1) is 11.6 Å². The van der Waals surface area contributed by atoms with E-state index in [1.54, 1.807) is 0 Å². The van der Waals surface area contributed by atoms with Crippen LogP contribution in [0.2, 0.25) is 5.02 Å². The fourth-order valence-corrected chi connectivity index (χ4v) is 4.20. The van der Waals surface area contributed by atoms with Gasteiger partial charge in [-0.3, -0.25) is 0 Å². The first-order valence-corrected chi connectivity index (χ1v) is 8.66. The average molecular weight is 313 g/mol. The fraction of sp³-hybridized carbons (Fsp3) is 0.647. The Labute approximate surface area is 131 Å². The molecule has 0 saturated heterocycles. The minimum Gasteiger partial charge on any atom is -0.493 e. The number of hydrogen-bond donors (Lipinski definition) is 0. The minimum atomic E-state index is 0.0404. The van der Waals surface area contributed by atoms with Gasteiger partial charge in [0.15, 0.2) is 0 Å². The number of ether oxygens (including phenoxy) is 1. The lowest BCUT2D eigenvalue weighted by atomic mass is 9.85. The standard InChI is InChI=1S/C17H22Cl2O/c18-14-10-13-8-9-20-17(13)15(11-14)16(19)12-6-4-2-1-3-5-7-12/h10-12,16H,1-9H2. The maximum Gasteiger partial charge on any atom is 0.127 e. The SMILES string of the molecule is Clc1cc2c(c(C(Cl)C3CCCCCCC3)c1)OCC2. The van der Waals surface area contributed by atoms with Crippen LogP contribution in [0.4, 0.5) is 0 Å². The largest absolute Gasteiger partial charge is 0.493 e. The van der Waals surface area contributed by atoms with E-state index < -0.39 is 0 Å². The zero-order valence-electron chi connectivity index (χ0n) is 11.8. The molecule has 20 heavy (non-hydrogen) atoms. The molecule has 1 fully saturated rings. The molecule has 0 radical (unpaired) electrons. The summed E-state index contributed by atoms with van der Waals surface area (Å²) < 4.78 is 5.81. The smallest absolute Gasteiger partial charge is 0.127 e. The molecule has 0 aromatic heterocycles. The third kappa shape index (κ3) is 3.09. The van der Waals surface area contributed by atoms with E-state index in [1.165, 1.54) is 50.5 Å². The lowest BCUT2D eigenvalue weighted by Gasteiger charge is -2.26. The summed E-state index contributed by atoms with van der Waals surface area (Å²) in [5.41, 5.74) is 2.35. The predicted octanol–water partition coefficient (Wildman–Crippen LogP) is 5.92. The first kappa shape index (κ1) is 14.5. The van der Waals surface area contributed by atoms with Crippen LogP contribution in [0.15, 0.2) is 12.1 Å². The van der Waals surface area contributed by atoms with Crippen LogP contribution in [0, 0.1) is 5.92 Å². The van der Waals surface area contributed by atoms with Crippen LogP contribution in [0.3, 0.4) is 0 Å². The van der Waals surface area contributed by atoms with Crippen molar-refractivity contribution in [1.29, 1.82) is 0 Å². The van der Waals surface area contributed by atoms with Crippen molar-refractivity contribution >= 4 is 23.2 Å². The molecule has 0 amide bonds. The summed E-state index contributed by atoms with van der Waals surface area (Å²) in [4.78, 5) is 0. The number of halogens is 2. The molecule has 110 valence electrons. The van der Waals surface area contributed by atoms with Crippen LogP contribution in [-0.2, 0) is 6.42 Å². The van der Waals surface area contributed by atoms with E-state index in [9.17, 15) is 0 Å². The second-order valence-electron chi connectivity index (χ2n) is 6.09. The zero-order chi connectivity index (χ0) is 13.9. The Hall–Kier alpha value is -0.400. The van der Waals surface area contributed by atoms with Gasteiger partial charge in [-0.2, -0.15) is 0 Å². The molecule has 1 unspecified atom stereocenters. The van der Waals surface area contributed by atoms with Crippen molar-refractivity contribution in [3.05, 3.63) is 28.3 Å². The van der Waals surface area contributed by atoms with Crippen molar-refractivity contribution in [2.45, 2.75) is 56.7 Å². The first-order chi connectivity index (χ1) is 9.75. The molecule has 0 spiro atoms. The molecule has 1 atom stereocenters. The Morgan fingerprint density at radius 1 is 1.05 bits per heavy atom. The maximum absolute atomic E-state index is 6.83. The highest BCUT2D eigenvalue weighted by atomic mass is 35.5. The molecular formula is C17H22Cl2O. The molecule has 0 bridgehead atoms. The Balaban J connectivity index is 1.84. The van der Waals surface area contributed by atoms with Crippen molar-refractivity contribution in [2.75, 3.05) is 6.61 Å². The zero-order valence-corrected chi connectivity index (χ0v) is 13.3. The molecule has 3 heteroatoms. The summed E-state index contributed by atoms with van der Waals surface area (Å²) in [5, 5.41) is 0.833. The van der Waals surface area contributed by atoms with Crippen molar-refractivity contribution in [1.82, 2.24) is 0 Å². The van der Waals surface area contributed by atoms with E-state index in [0.29, 0.717) is 5.92 Å². The van der Waals surface area contributed by atoms with Gasteiger partial charge in [0.2, 0.25) is 0 Å². The van der Waals surface area contributed by atoms with E-state index in [-0.39, 0.29) is 5.38 Å². The quantitative estimate of drug-likeness (QED) is 0.616. The molecule has 1 aliphatic carbocycles. The van der Waals surface area contributed by atoms with Crippen molar-refractivity contribution in [3.63, 3.8) is 0 Å². The first-order valence-electron chi connectivity index (χ1n) is 7.85. The molecule has 1 aromatic rings.